The molecule has 0 unspecified atom stereocenters. The Kier molecular flexibility index (Phi) is 6.67. The molecule has 192 valence electrons. The van der Waals surface area contributed by atoms with Crippen molar-refractivity contribution in [2.75, 3.05) is 24.6 Å². The zero-order valence-corrected chi connectivity index (χ0v) is 19.4. The number of aromatic nitrogens is 6. The van der Waals surface area contributed by atoms with Crippen molar-refractivity contribution in [2.45, 2.75) is 57.9 Å². The number of amides is 1. The van der Waals surface area contributed by atoms with Crippen LogP contribution in [-0.2, 0) is 0 Å². The summed E-state index contributed by atoms with van der Waals surface area (Å²) in [6.45, 7) is 1.84. The zero-order valence-electron chi connectivity index (χ0n) is 19.4. The number of pyridine rings is 1. The topological polar surface area (TPSA) is 146 Å². The van der Waals surface area contributed by atoms with E-state index < -0.39 is 0 Å². The fraction of sp³-hybridized carbons (Fsp3) is 0.560. The predicted molar refractivity (Wildman–Crippen MR) is 137 cm³/mol. The van der Waals surface area contributed by atoms with Crippen molar-refractivity contribution in [3.63, 3.8) is 0 Å². The van der Waals surface area contributed by atoms with Crippen molar-refractivity contribution >= 4 is 22.9 Å². The maximum absolute atomic E-state index is 12.8. The van der Waals surface area contributed by atoms with E-state index in [-0.39, 0.29) is 45.9 Å². The maximum Gasteiger partial charge on any atom is 0.321 e. The highest BCUT2D eigenvalue weighted by molar-refractivity contribution is 5.91. The van der Waals surface area contributed by atoms with Crippen LogP contribution in [0.5, 0.6) is 6.01 Å². The van der Waals surface area contributed by atoms with E-state index in [0.717, 1.165) is 68.3 Å². The van der Waals surface area contributed by atoms with Gasteiger partial charge in [0.15, 0.2) is 5.65 Å². The number of fused-ring (bicyclic) bond motifs is 1. The third-order valence-electron chi connectivity index (χ3n) is 7.31. The molecule has 0 bridgehead atoms. The Balaban J connectivity index is 0.00000133. The second-order valence-electron chi connectivity index (χ2n) is 9.66. The molecule has 2 atom stereocenters. The largest absolute Gasteiger partial charge is 0.463 e. The van der Waals surface area contributed by atoms with E-state index in [1.165, 1.54) is 0 Å². The number of nitrogens with one attached hydrogen (secondary N) is 2. The molecule has 3 fully saturated rings. The number of piperidine rings is 1. The molecule has 2 N–H and O–H groups in total. The molecule has 3 aliphatic rings. The average molecular weight is 494 g/mol. The Bertz CT molecular complexity index is 1290. The Hall–Kier alpha value is -3.81. The molecule has 11 nitrogen and oxygen atoms in total. The molecule has 11 heteroatoms. The van der Waals surface area contributed by atoms with Gasteiger partial charge in [0.05, 0.1) is 18.6 Å². The van der Waals surface area contributed by atoms with Gasteiger partial charge in [-0.2, -0.15) is 25.3 Å². The van der Waals surface area contributed by atoms with Crippen molar-refractivity contribution in [1.82, 2.24) is 35.5 Å². The number of carbonyl (C=O) groups is 1. The number of nitriles is 1. The smallest absolute Gasteiger partial charge is 0.321 e. The van der Waals surface area contributed by atoms with Gasteiger partial charge in [0.25, 0.3) is 5.91 Å². The summed E-state index contributed by atoms with van der Waals surface area (Å²) in [5.41, 5.74) is 1.85. The summed E-state index contributed by atoms with van der Waals surface area (Å²) >= 11 is 0. The van der Waals surface area contributed by atoms with Gasteiger partial charge in [0.2, 0.25) is 11.8 Å². The van der Waals surface area contributed by atoms with Crippen molar-refractivity contribution in [2.24, 2.45) is 11.8 Å². The molecule has 1 saturated heterocycles. The first kappa shape index (κ1) is 23.9. The Morgan fingerprint density at radius 3 is 2.81 bits per heavy atom. The Morgan fingerprint density at radius 1 is 1.25 bits per heavy atom. The summed E-state index contributed by atoms with van der Waals surface area (Å²) in [4.78, 5) is 32.6. The number of aromatic amines is 1. The maximum atomic E-state index is 12.8. The summed E-state index contributed by atoms with van der Waals surface area (Å²) < 4.78 is 5.82. The normalized spacial score (nSPS) is 21.8. The molecule has 3 aromatic heterocycles. The summed E-state index contributed by atoms with van der Waals surface area (Å²) in [6.07, 6.45) is 7.45. The molecule has 4 heterocycles. The highest BCUT2D eigenvalue weighted by Gasteiger charge is 2.38. The van der Waals surface area contributed by atoms with Gasteiger partial charge < -0.3 is 15.0 Å². The van der Waals surface area contributed by atoms with Gasteiger partial charge in [-0.1, -0.05) is 7.43 Å². The van der Waals surface area contributed by atoms with Crippen molar-refractivity contribution in [3.8, 4) is 12.1 Å². The standard InChI is InChI=1S/C24H27N9O2.CH4.2H2/c25-12-15-11-16(15)13-35-24-29-21(22(34)27-17-3-1-4-17)28-23(30-24)33-9-6-14(7-10-33)19-18-5-2-8-26-20(18)32-31-19;;;/h2,5,8,14-17H,1,3-4,6-7,9-11,13H2,(H,27,34)(H,26,31,32);1H4;2*1H/t15-,16+;;;/m0.../s1. The molecule has 1 aliphatic heterocycles. The first-order valence-electron chi connectivity index (χ1n) is 12.3. The van der Waals surface area contributed by atoms with E-state index in [9.17, 15) is 4.79 Å². The monoisotopic (exact) mass is 493 g/mol. The number of ether oxygens (including phenoxy) is 1. The summed E-state index contributed by atoms with van der Waals surface area (Å²) in [7, 11) is 0. The van der Waals surface area contributed by atoms with Crippen LogP contribution >= 0.6 is 0 Å². The van der Waals surface area contributed by atoms with E-state index in [1.807, 2.05) is 12.1 Å². The second kappa shape index (κ2) is 10.0. The van der Waals surface area contributed by atoms with Crippen molar-refractivity contribution < 1.29 is 12.4 Å². The quantitative estimate of drug-likeness (QED) is 0.505. The van der Waals surface area contributed by atoms with Gasteiger partial charge >= 0.3 is 6.01 Å². The van der Waals surface area contributed by atoms with Crippen molar-refractivity contribution in [3.05, 3.63) is 29.8 Å². The predicted octanol–water partition coefficient (Wildman–Crippen LogP) is 3.48. The molecule has 0 radical (unpaired) electrons. The number of nitrogens with zero attached hydrogens (tertiary/aromatic N) is 7. The van der Waals surface area contributed by atoms with E-state index >= 15 is 0 Å². The van der Waals surface area contributed by atoms with Crippen LogP contribution in [0.1, 0.15) is 71.0 Å². The Morgan fingerprint density at radius 2 is 2.08 bits per heavy atom. The van der Waals surface area contributed by atoms with Gasteiger partial charge in [-0.25, -0.2) is 4.98 Å². The molecule has 0 spiro atoms. The minimum Gasteiger partial charge on any atom is -0.463 e. The summed E-state index contributed by atoms with van der Waals surface area (Å²) in [5, 5.41) is 20.6. The first-order chi connectivity index (χ1) is 17.2. The SMILES string of the molecule is C.N#C[C@@H]1C[C@@H]1COc1nc(C(=O)NC2CCC2)nc(N2CCC(c3[nH]nc4ncccc34)CC2)n1.[HH].[HH]. The number of H-pyrrole nitrogens is 1. The molecule has 36 heavy (non-hydrogen) atoms. The lowest BCUT2D eigenvalue weighted by Crippen LogP contribution is -2.41. The molecule has 2 aliphatic carbocycles. The van der Waals surface area contributed by atoms with Gasteiger partial charge in [-0.3, -0.25) is 9.89 Å². The van der Waals surface area contributed by atoms with Crippen molar-refractivity contribution in [1.29, 1.82) is 5.26 Å². The van der Waals surface area contributed by atoms with Crippen LogP contribution in [0.3, 0.4) is 0 Å². The summed E-state index contributed by atoms with van der Waals surface area (Å²) in [6, 6.07) is 6.57. The fourth-order valence-corrected chi connectivity index (χ4v) is 4.78. The fourth-order valence-electron chi connectivity index (χ4n) is 4.78. The lowest BCUT2D eigenvalue weighted by molar-refractivity contribution is 0.0904. The molecule has 2 saturated carbocycles. The van der Waals surface area contributed by atoms with Crippen LogP contribution in [0.25, 0.3) is 11.0 Å². The summed E-state index contributed by atoms with van der Waals surface area (Å²) in [5.74, 6) is 0.800. The van der Waals surface area contributed by atoms with Crippen LogP contribution < -0.4 is 15.0 Å². The van der Waals surface area contributed by atoms with E-state index in [2.05, 4.69) is 46.4 Å². The van der Waals surface area contributed by atoms with Crippen LogP contribution in [0.4, 0.5) is 5.95 Å². The van der Waals surface area contributed by atoms with Gasteiger partial charge in [0, 0.05) is 51.1 Å². The molecular weight excluding hydrogens is 458 g/mol. The Labute approximate surface area is 212 Å². The molecule has 3 aromatic rings. The number of anilines is 1. The number of hydrogen-bond acceptors (Lipinski definition) is 9. The molecule has 6 rings (SSSR count). The number of hydrogen-bond donors (Lipinski definition) is 2. The molecule has 0 aromatic carbocycles. The minimum absolute atomic E-state index is 0. The van der Waals surface area contributed by atoms with E-state index in [1.54, 1.807) is 6.20 Å². The van der Waals surface area contributed by atoms with Crippen LogP contribution in [-0.4, -0.2) is 61.8 Å². The third-order valence-corrected chi connectivity index (χ3v) is 7.31. The van der Waals surface area contributed by atoms with Gasteiger partial charge in [0.1, 0.15) is 0 Å². The van der Waals surface area contributed by atoms with Crippen LogP contribution in [0.15, 0.2) is 18.3 Å². The second-order valence-corrected chi connectivity index (χ2v) is 9.66. The van der Waals surface area contributed by atoms with E-state index in [0.29, 0.717) is 18.5 Å². The molecule has 1 amide bonds. The lowest BCUT2D eigenvalue weighted by Gasteiger charge is -2.31. The average Bonchev–Trinajstić information content (AvgIpc) is 3.51. The molecular formula is C25H35N9O2. The van der Waals surface area contributed by atoms with Gasteiger partial charge in [-0.15, -0.1) is 0 Å². The zero-order chi connectivity index (χ0) is 23.8. The highest BCUT2D eigenvalue weighted by Crippen LogP contribution is 2.38. The highest BCUT2D eigenvalue weighted by atomic mass is 16.5. The van der Waals surface area contributed by atoms with E-state index in [4.69, 9.17) is 10.00 Å². The number of rotatable bonds is 7. The van der Waals surface area contributed by atoms with Gasteiger partial charge in [-0.05, 0) is 50.7 Å². The van der Waals surface area contributed by atoms with Crippen LogP contribution in [0, 0.1) is 23.2 Å². The first-order valence-corrected chi connectivity index (χ1v) is 12.3. The number of carbonyl (C=O) groups excluding carboxylic acids is 1. The minimum atomic E-state index is -0.296. The third kappa shape index (κ3) is 4.80. The van der Waals surface area contributed by atoms with Crippen LogP contribution in [0.2, 0.25) is 0 Å². The lowest BCUT2D eigenvalue weighted by atomic mass is 9.92.